The molecule has 0 bridgehead atoms. The number of halogens is 1. The van der Waals surface area contributed by atoms with Crippen LogP contribution in [0.3, 0.4) is 0 Å². The molecule has 1 aliphatic heterocycles. The normalized spacial score (nSPS) is 14.5. The SMILES string of the molecule is N#Cc1ccccc1-c1ccc(C(=O)NC[C@H]2CCN2C(=O)CN)c(NCCc2cccc(F)c2)n1. The molecule has 184 valence electrons. The molecule has 4 rings (SSSR count). The molecular weight excluding hydrogens is 459 g/mol. The fourth-order valence-electron chi connectivity index (χ4n) is 4.15. The van der Waals surface area contributed by atoms with Crippen LogP contribution in [0.4, 0.5) is 10.2 Å². The first-order chi connectivity index (χ1) is 17.5. The number of benzene rings is 2. The van der Waals surface area contributed by atoms with Crippen molar-refractivity contribution in [3.8, 4) is 17.3 Å². The Bertz CT molecular complexity index is 1310. The second-order valence-corrected chi connectivity index (χ2v) is 8.50. The third-order valence-electron chi connectivity index (χ3n) is 6.20. The molecule has 2 amide bonds. The van der Waals surface area contributed by atoms with Crippen molar-refractivity contribution in [1.82, 2.24) is 15.2 Å². The Kier molecular flexibility index (Phi) is 7.88. The van der Waals surface area contributed by atoms with Crippen LogP contribution >= 0.6 is 0 Å². The molecule has 1 aromatic heterocycles. The summed E-state index contributed by atoms with van der Waals surface area (Å²) in [4.78, 5) is 31.3. The average molecular weight is 487 g/mol. The lowest BCUT2D eigenvalue weighted by atomic mass is 10.0. The van der Waals surface area contributed by atoms with Gasteiger partial charge in [0.1, 0.15) is 11.6 Å². The predicted octanol–water partition coefficient (Wildman–Crippen LogP) is 2.70. The average Bonchev–Trinajstić information content (AvgIpc) is 2.88. The number of carbonyl (C=O) groups is 2. The molecule has 0 unspecified atom stereocenters. The Morgan fingerprint density at radius 1 is 1.17 bits per heavy atom. The fourth-order valence-corrected chi connectivity index (χ4v) is 4.15. The third-order valence-corrected chi connectivity index (χ3v) is 6.20. The zero-order valence-electron chi connectivity index (χ0n) is 19.7. The zero-order valence-corrected chi connectivity index (χ0v) is 19.7. The number of hydrogen-bond donors (Lipinski definition) is 3. The molecule has 8 nitrogen and oxygen atoms in total. The highest BCUT2D eigenvalue weighted by Crippen LogP contribution is 2.25. The van der Waals surface area contributed by atoms with Gasteiger partial charge in [0.05, 0.1) is 35.5 Å². The number of anilines is 1. The Labute approximate surface area is 208 Å². The van der Waals surface area contributed by atoms with E-state index in [1.165, 1.54) is 12.1 Å². The molecule has 3 aromatic rings. The second-order valence-electron chi connectivity index (χ2n) is 8.50. The van der Waals surface area contributed by atoms with E-state index >= 15 is 0 Å². The maximum absolute atomic E-state index is 13.5. The number of carbonyl (C=O) groups excluding carboxylic acids is 2. The minimum atomic E-state index is -0.331. The van der Waals surface area contributed by atoms with Gasteiger partial charge in [-0.15, -0.1) is 0 Å². The van der Waals surface area contributed by atoms with Gasteiger partial charge in [-0.05, 0) is 48.7 Å². The summed E-state index contributed by atoms with van der Waals surface area (Å²) in [5.74, 6) is -0.415. The number of hydrogen-bond acceptors (Lipinski definition) is 6. The molecule has 36 heavy (non-hydrogen) atoms. The van der Waals surface area contributed by atoms with Crippen molar-refractivity contribution in [2.24, 2.45) is 5.73 Å². The molecule has 0 spiro atoms. The van der Waals surface area contributed by atoms with E-state index in [1.807, 2.05) is 12.1 Å². The maximum Gasteiger partial charge on any atom is 0.255 e. The number of nitrogens with zero attached hydrogens (tertiary/aromatic N) is 3. The number of nitrogens with two attached hydrogens (primary N) is 1. The van der Waals surface area contributed by atoms with E-state index in [0.29, 0.717) is 54.3 Å². The number of aromatic nitrogens is 1. The van der Waals surface area contributed by atoms with Gasteiger partial charge >= 0.3 is 0 Å². The van der Waals surface area contributed by atoms with Gasteiger partial charge in [-0.25, -0.2) is 9.37 Å². The van der Waals surface area contributed by atoms with Gasteiger partial charge in [-0.2, -0.15) is 5.26 Å². The van der Waals surface area contributed by atoms with Gasteiger partial charge < -0.3 is 21.3 Å². The molecular formula is C27H27FN6O2. The van der Waals surface area contributed by atoms with Crippen LogP contribution < -0.4 is 16.4 Å². The Balaban J connectivity index is 1.53. The maximum atomic E-state index is 13.5. The van der Waals surface area contributed by atoms with E-state index in [2.05, 4.69) is 21.7 Å². The largest absolute Gasteiger partial charge is 0.369 e. The minimum absolute atomic E-state index is 0.0562. The molecule has 0 radical (unpaired) electrons. The number of amides is 2. The van der Waals surface area contributed by atoms with Crippen LogP contribution in [0.2, 0.25) is 0 Å². The molecule has 0 saturated carbocycles. The fraction of sp³-hybridized carbons (Fsp3) is 0.259. The van der Waals surface area contributed by atoms with Crippen molar-refractivity contribution < 1.29 is 14.0 Å². The standard InChI is InChI=1S/C27H27FN6O2/c28-20-6-3-4-18(14-20)10-12-31-26-23(27(36)32-17-21-11-13-34(21)25(35)16-30)8-9-24(33-26)22-7-2-1-5-19(22)15-29/h1-9,14,21H,10-13,16-17,30H2,(H,31,33)(H,32,36)/t21-/m1/s1. The molecule has 1 fully saturated rings. The van der Waals surface area contributed by atoms with Crippen molar-refractivity contribution in [3.63, 3.8) is 0 Å². The summed E-state index contributed by atoms with van der Waals surface area (Å²) in [6.45, 7) is 1.31. The van der Waals surface area contributed by atoms with E-state index in [9.17, 15) is 19.2 Å². The molecule has 2 heterocycles. The van der Waals surface area contributed by atoms with Gasteiger partial charge in [0, 0.05) is 25.2 Å². The van der Waals surface area contributed by atoms with Gasteiger partial charge in [-0.1, -0.05) is 30.3 Å². The summed E-state index contributed by atoms with van der Waals surface area (Å²) in [7, 11) is 0. The summed E-state index contributed by atoms with van der Waals surface area (Å²) >= 11 is 0. The Morgan fingerprint density at radius 2 is 2.00 bits per heavy atom. The Morgan fingerprint density at radius 3 is 2.72 bits per heavy atom. The van der Waals surface area contributed by atoms with Crippen molar-refractivity contribution in [3.05, 3.63) is 83.2 Å². The van der Waals surface area contributed by atoms with Crippen molar-refractivity contribution in [2.75, 3.05) is 31.5 Å². The highest BCUT2D eigenvalue weighted by Gasteiger charge is 2.31. The lowest BCUT2D eigenvalue weighted by Crippen LogP contribution is -2.57. The van der Waals surface area contributed by atoms with E-state index in [1.54, 1.807) is 41.3 Å². The van der Waals surface area contributed by atoms with Gasteiger partial charge in [0.2, 0.25) is 5.91 Å². The quantitative estimate of drug-likeness (QED) is 0.427. The molecule has 4 N–H and O–H groups in total. The number of pyridine rings is 1. The van der Waals surface area contributed by atoms with Gasteiger partial charge in [0.25, 0.3) is 5.91 Å². The topological polar surface area (TPSA) is 124 Å². The lowest BCUT2D eigenvalue weighted by molar-refractivity contribution is -0.137. The van der Waals surface area contributed by atoms with Crippen LogP contribution in [-0.4, -0.2) is 53.9 Å². The van der Waals surface area contributed by atoms with Crippen LogP contribution in [0.5, 0.6) is 0 Å². The van der Waals surface area contributed by atoms with Crippen LogP contribution in [0.25, 0.3) is 11.3 Å². The number of nitrogens with one attached hydrogen (secondary N) is 2. The molecule has 2 aromatic carbocycles. The summed E-state index contributed by atoms with van der Waals surface area (Å²) in [6.07, 6.45) is 1.32. The molecule has 1 atom stereocenters. The van der Waals surface area contributed by atoms with Crippen molar-refractivity contribution >= 4 is 17.6 Å². The monoisotopic (exact) mass is 486 g/mol. The van der Waals surface area contributed by atoms with Crippen LogP contribution in [0.15, 0.2) is 60.7 Å². The summed E-state index contributed by atoms with van der Waals surface area (Å²) in [5.41, 5.74) is 8.29. The third kappa shape index (κ3) is 5.67. The van der Waals surface area contributed by atoms with E-state index in [4.69, 9.17) is 5.73 Å². The van der Waals surface area contributed by atoms with E-state index in [-0.39, 0.29) is 30.2 Å². The van der Waals surface area contributed by atoms with Crippen LogP contribution in [0, 0.1) is 17.1 Å². The van der Waals surface area contributed by atoms with Gasteiger partial charge in [0.15, 0.2) is 0 Å². The second kappa shape index (κ2) is 11.4. The highest BCUT2D eigenvalue weighted by atomic mass is 19.1. The summed E-state index contributed by atoms with van der Waals surface area (Å²) in [5, 5.41) is 15.6. The number of likely N-dealkylation sites (tertiary alicyclic amines) is 1. The first kappa shape index (κ1) is 24.8. The van der Waals surface area contributed by atoms with Crippen LogP contribution in [0.1, 0.15) is 27.9 Å². The first-order valence-corrected chi connectivity index (χ1v) is 11.8. The van der Waals surface area contributed by atoms with E-state index in [0.717, 1.165) is 12.0 Å². The van der Waals surface area contributed by atoms with E-state index < -0.39 is 0 Å². The molecule has 1 saturated heterocycles. The smallest absolute Gasteiger partial charge is 0.255 e. The lowest BCUT2D eigenvalue weighted by Gasteiger charge is -2.40. The predicted molar refractivity (Wildman–Crippen MR) is 134 cm³/mol. The van der Waals surface area contributed by atoms with Crippen molar-refractivity contribution in [1.29, 1.82) is 5.26 Å². The highest BCUT2D eigenvalue weighted by molar-refractivity contribution is 5.99. The molecule has 0 aliphatic carbocycles. The minimum Gasteiger partial charge on any atom is -0.369 e. The number of nitriles is 1. The van der Waals surface area contributed by atoms with Crippen LogP contribution in [-0.2, 0) is 11.2 Å². The number of rotatable bonds is 9. The first-order valence-electron chi connectivity index (χ1n) is 11.8. The summed E-state index contributed by atoms with van der Waals surface area (Å²) in [6, 6.07) is 18.9. The van der Waals surface area contributed by atoms with Gasteiger partial charge in [-0.3, -0.25) is 9.59 Å². The summed E-state index contributed by atoms with van der Waals surface area (Å²) < 4.78 is 13.5. The Hall–Kier alpha value is -4.29. The zero-order chi connectivity index (χ0) is 25.5. The molecule has 9 heteroatoms. The molecule has 1 aliphatic rings. The van der Waals surface area contributed by atoms with Crippen molar-refractivity contribution in [2.45, 2.75) is 18.9 Å².